The van der Waals surface area contributed by atoms with Crippen LogP contribution in [0.4, 0.5) is 16.5 Å². The minimum Gasteiger partial charge on any atom is -0.492 e. The number of aromatic nitrogens is 2. The monoisotopic (exact) mass is 442 g/mol. The molecule has 158 valence electrons. The molecular weight excluding hydrogens is 416 g/mol. The lowest BCUT2D eigenvalue weighted by atomic mass is 10.0. The van der Waals surface area contributed by atoms with Crippen molar-refractivity contribution in [1.29, 1.82) is 0 Å². The zero-order valence-electron chi connectivity index (χ0n) is 17.4. The molecular formula is C22H26N4O2S2. The number of amides is 1. The number of hydrogen-bond acceptors (Lipinski definition) is 7. The van der Waals surface area contributed by atoms with Crippen LogP contribution in [0.25, 0.3) is 0 Å². The molecule has 8 heteroatoms. The molecule has 2 N–H and O–H groups in total. The van der Waals surface area contributed by atoms with E-state index in [2.05, 4.69) is 46.8 Å². The Bertz CT molecular complexity index is 969. The lowest BCUT2D eigenvalue weighted by Gasteiger charge is -2.14. The predicted molar refractivity (Wildman–Crippen MR) is 125 cm³/mol. The predicted octanol–water partition coefficient (Wildman–Crippen LogP) is 5.54. The highest BCUT2D eigenvalue weighted by Gasteiger charge is 2.13. The Balaban J connectivity index is 1.59. The van der Waals surface area contributed by atoms with Crippen LogP contribution >= 0.6 is 23.1 Å². The SMILES string of the molecule is CCOc1ccccc1Nc1nnc(SCC(=O)Nc2c(CC)cccc2CC)s1. The Morgan fingerprint density at radius 2 is 1.77 bits per heavy atom. The minimum absolute atomic E-state index is 0.0398. The second kappa shape index (κ2) is 11.0. The van der Waals surface area contributed by atoms with Crippen molar-refractivity contribution in [2.45, 2.75) is 38.0 Å². The molecule has 0 fully saturated rings. The second-order valence-electron chi connectivity index (χ2n) is 6.42. The number of ether oxygens (including phenoxy) is 1. The summed E-state index contributed by atoms with van der Waals surface area (Å²) in [4.78, 5) is 12.5. The van der Waals surface area contributed by atoms with Crippen LogP contribution in [-0.2, 0) is 17.6 Å². The molecule has 1 heterocycles. The number of carbonyl (C=O) groups excluding carboxylic acids is 1. The topological polar surface area (TPSA) is 76.1 Å². The molecule has 1 amide bonds. The Morgan fingerprint density at radius 1 is 1.03 bits per heavy atom. The fourth-order valence-electron chi connectivity index (χ4n) is 2.99. The summed E-state index contributed by atoms with van der Waals surface area (Å²) in [6, 6.07) is 13.9. The highest BCUT2D eigenvalue weighted by Crippen LogP contribution is 2.32. The van der Waals surface area contributed by atoms with Crippen LogP contribution < -0.4 is 15.4 Å². The molecule has 30 heavy (non-hydrogen) atoms. The number of thioether (sulfide) groups is 1. The first kappa shape index (κ1) is 22.1. The normalized spacial score (nSPS) is 10.6. The fourth-order valence-corrected chi connectivity index (χ4v) is 4.56. The van der Waals surface area contributed by atoms with Crippen LogP contribution in [0.2, 0.25) is 0 Å². The molecule has 0 bridgehead atoms. The van der Waals surface area contributed by atoms with Crippen LogP contribution in [-0.4, -0.2) is 28.5 Å². The molecule has 3 rings (SSSR count). The van der Waals surface area contributed by atoms with Crippen molar-refractivity contribution >= 4 is 45.5 Å². The van der Waals surface area contributed by atoms with E-state index in [9.17, 15) is 4.79 Å². The molecule has 0 aliphatic rings. The number of anilines is 3. The Kier molecular flexibility index (Phi) is 8.10. The van der Waals surface area contributed by atoms with Crippen LogP contribution in [0.1, 0.15) is 31.9 Å². The number of hydrogen-bond donors (Lipinski definition) is 2. The Labute approximate surface area is 185 Å². The van der Waals surface area contributed by atoms with Crippen LogP contribution in [0.15, 0.2) is 46.8 Å². The molecule has 6 nitrogen and oxygen atoms in total. The van der Waals surface area contributed by atoms with Gasteiger partial charge in [-0.25, -0.2) is 0 Å². The molecule has 0 radical (unpaired) electrons. The maximum absolute atomic E-state index is 12.5. The summed E-state index contributed by atoms with van der Waals surface area (Å²) in [7, 11) is 0. The maximum atomic E-state index is 12.5. The van der Waals surface area contributed by atoms with Crippen molar-refractivity contribution in [3.63, 3.8) is 0 Å². The lowest BCUT2D eigenvalue weighted by molar-refractivity contribution is -0.113. The van der Waals surface area contributed by atoms with Gasteiger partial charge in [0.2, 0.25) is 11.0 Å². The van der Waals surface area contributed by atoms with Crippen molar-refractivity contribution < 1.29 is 9.53 Å². The van der Waals surface area contributed by atoms with Gasteiger partial charge in [0.25, 0.3) is 0 Å². The van der Waals surface area contributed by atoms with E-state index in [4.69, 9.17) is 4.74 Å². The standard InChI is InChI=1S/C22H26N4O2S2/c1-4-15-10-9-11-16(5-2)20(15)24-19(27)14-29-22-26-25-21(30-22)23-17-12-7-8-13-18(17)28-6-3/h7-13H,4-6,14H2,1-3H3,(H,23,25)(H,24,27). The van der Waals surface area contributed by atoms with Crippen LogP contribution in [0.5, 0.6) is 5.75 Å². The van der Waals surface area contributed by atoms with Crippen molar-refractivity contribution in [2.24, 2.45) is 0 Å². The summed E-state index contributed by atoms with van der Waals surface area (Å²) in [5.41, 5.74) is 4.10. The van der Waals surface area contributed by atoms with Crippen molar-refractivity contribution in [1.82, 2.24) is 10.2 Å². The first-order valence-corrected chi connectivity index (χ1v) is 11.8. The minimum atomic E-state index is -0.0398. The van der Waals surface area contributed by atoms with Gasteiger partial charge in [0.05, 0.1) is 18.0 Å². The van der Waals surface area contributed by atoms with Gasteiger partial charge in [0.15, 0.2) is 4.34 Å². The molecule has 0 atom stereocenters. The largest absolute Gasteiger partial charge is 0.492 e. The van der Waals surface area contributed by atoms with Gasteiger partial charge in [-0.3, -0.25) is 4.79 Å². The van der Waals surface area contributed by atoms with Crippen molar-refractivity contribution in [3.05, 3.63) is 53.6 Å². The van der Waals surface area contributed by atoms with Crippen LogP contribution in [0.3, 0.4) is 0 Å². The van der Waals surface area contributed by atoms with Gasteiger partial charge in [0.1, 0.15) is 5.75 Å². The Morgan fingerprint density at radius 3 is 2.47 bits per heavy atom. The number of rotatable bonds is 10. The molecule has 0 spiro atoms. The van der Waals surface area contributed by atoms with E-state index in [1.54, 1.807) is 0 Å². The third kappa shape index (κ3) is 5.73. The molecule has 1 aromatic heterocycles. The van der Waals surface area contributed by atoms with Gasteiger partial charge in [-0.2, -0.15) is 0 Å². The summed E-state index contributed by atoms with van der Waals surface area (Å²) in [6.45, 7) is 6.73. The molecule has 2 aromatic carbocycles. The number of nitrogens with one attached hydrogen (secondary N) is 2. The van der Waals surface area contributed by atoms with Crippen molar-refractivity contribution in [2.75, 3.05) is 23.0 Å². The molecule has 0 aliphatic heterocycles. The lowest BCUT2D eigenvalue weighted by Crippen LogP contribution is -2.16. The zero-order chi connectivity index (χ0) is 21.3. The fraction of sp³-hybridized carbons (Fsp3) is 0.318. The smallest absolute Gasteiger partial charge is 0.234 e. The molecule has 0 saturated heterocycles. The van der Waals surface area contributed by atoms with Gasteiger partial charge in [0, 0.05) is 5.69 Å². The van der Waals surface area contributed by atoms with Crippen molar-refractivity contribution in [3.8, 4) is 5.75 Å². The second-order valence-corrected chi connectivity index (χ2v) is 8.62. The quantitative estimate of drug-likeness (QED) is 0.402. The van der Waals surface area contributed by atoms with E-state index in [0.29, 0.717) is 11.7 Å². The summed E-state index contributed by atoms with van der Waals surface area (Å²) in [6.07, 6.45) is 1.76. The van der Waals surface area contributed by atoms with E-state index in [0.717, 1.165) is 45.4 Å². The summed E-state index contributed by atoms with van der Waals surface area (Å²) < 4.78 is 6.36. The number of nitrogens with zero attached hydrogens (tertiary/aromatic N) is 2. The Hall–Kier alpha value is -2.58. The van der Waals surface area contributed by atoms with Crippen LogP contribution in [0, 0.1) is 0 Å². The number of para-hydroxylation sites is 3. The maximum Gasteiger partial charge on any atom is 0.234 e. The van der Waals surface area contributed by atoms with E-state index in [-0.39, 0.29) is 11.7 Å². The summed E-state index contributed by atoms with van der Waals surface area (Å²) >= 11 is 2.79. The summed E-state index contributed by atoms with van der Waals surface area (Å²) in [5, 5.41) is 15.3. The number of aryl methyl sites for hydroxylation is 2. The van der Waals surface area contributed by atoms with E-state index < -0.39 is 0 Å². The third-order valence-electron chi connectivity index (χ3n) is 4.42. The average molecular weight is 443 g/mol. The van der Waals surface area contributed by atoms with Gasteiger partial charge < -0.3 is 15.4 Å². The average Bonchev–Trinajstić information content (AvgIpc) is 3.21. The van der Waals surface area contributed by atoms with Gasteiger partial charge in [-0.05, 0) is 43.0 Å². The molecule has 0 saturated carbocycles. The van der Waals surface area contributed by atoms with Gasteiger partial charge in [-0.1, -0.05) is 67.3 Å². The number of carbonyl (C=O) groups is 1. The molecule has 3 aromatic rings. The first-order chi connectivity index (χ1) is 14.6. The van der Waals surface area contributed by atoms with E-state index in [1.165, 1.54) is 23.1 Å². The highest BCUT2D eigenvalue weighted by atomic mass is 32.2. The first-order valence-electron chi connectivity index (χ1n) is 10.00. The van der Waals surface area contributed by atoms with E-state index >= 15 is 0 Å². The van der Waals surface area contributed by atoms with Gasteiger partial charge in [-0.15, -0.1) is 10.2 Å². The zero-order valence-corrected chi connectivity index (χ0v) is 19.0. The molecule has 0 unspecified atom stereocenters. The third-order valence-corrected chi connectivity index (χ3v) is 6.40. The highest BCUT2D eigenvalue weighted by molar-refractivity contribution is 8.01. The number of benzene rings is 2. The molecule has 0 aliphatic carbocycles. The summed E-state index contributed by atoms with van der Waals surface area (Å²) in [5.74, 6) is 1.01. The van der Waals surface area contributed by atoms with Gasteiger partial charge >= 0.3 is 0 Å². The van der Waals surface area contributed by atoms with E-state index in [1.807, 2.05) is 37.3 Å².